The Hall–Kier alpha value is -2.14. The zero-order valence-electron chi connectivity index (χ0n) is 11.7. The molecule has 6 heteroatoms. The summed E-state index contributed by atoms with van der Waals surface area (Å²) in [5.41, 5.74) is 1.48. The van der Waals surface area contributed by atoms with E-state index in [4.69, 9.17) is 11.6 Å². The first kappa shape index (κ1) is 15.3. The number of aromatic nitrogens is 2. The zero-order valence-corrected chi connectivity index (χ0v) is 12.4. The molecular weight excluding hydrogens is 290 g/mol. The van der Waals surface area contributed by atoms with Crippen molar-refractivity contribution in [1.29, 1.82) is 0 Å². The summed E-state index contributed by atoms with van der Waals surface area (Å²) in [6, 6.07) is 8.49. The van der Waals surface area contributed by atoms with Gasteiger partial charge in [-0.3, -0.25) is 14.3 Å². The lowest BCUT2D eigenvalue weighted by Crippen LogP contribution is -2.24. The topological polar surface area (TPSA) is 64.0 Å². The Balaban J connectivity index is 1.77. The second-order valence-corrected chi connectivity index (χ2v) is 5.09. The lowest BCUT2D eigenvalue weighted by molar-refractivity contribution is -0.121. The average molecular weight is 306 g/mol. The van der Waals surface area contributed by atoms with Gasteiger partial charge in [-0.25, -0.2) is 0 Å². The third kappa shape index (κ3) is 4.43. The van der Waals surface area contributed by atoms with Crippen molar-refractivity contribution < 1.29 is 9.59 Å². The molecule has 0 aliphatic heterocycles. The fourth-order valence-electron chi connectivity index (χ4n) is 1.86. The van der Waals surface area contributed by atoms with Gasteiger partial charge in [-0.05, 0) is 30.3 Å². The van der Waals surface area contributed by atoms with E-state index in [1.54, 1.807) is 35.1 Å². The normalized spacial score (nSPS) is 10.4. The van der Waals surface area contributed by atoms with Crippen molar-refractivity contribution in [2.75, 3.05) is 0 Å². The fourth-order valence-corrected chi connectivity index (χ4v) is 1.99. The summed E-state index contributed by atoms with van der Waals surface area (Å²) in [5, 5.41) is 7.37. The lowest BCUT2D eigenvalue weighted by atomic mass is 10.1. The molecular formula is C15H16ClN3O2. The van der Waals surface area contributed by atoms with E-state index in [2.05, 4.69) is 10.4 Å². The molecule has 1 aromatic heterocycles. The molecule has 0 bridgehead atoms. The number of hydrogen-bond donors (Lipinski definition) is 1. The molecule has 1 amide bonds. The molecule has 21 heavy (non-hydrogen) atoms. The van der Waals surface area contributed by atoms with Crippen LogP contribution in [0, 0.1) is 0 Å². The molecule has 0 aliphatic carbocycles. The smallest absolute Gasteiger partial charge is 0.220 e. The number of carbonyl (C=O) groups is 2. The van der Waals surface area contributed by atoms with Gasteiger partial charge in [-0.2, -0.15) is 5.10 Å². The molecule has 2 aromatic rings. The van der Waals surface area contributed by atoms with E-state index >= 15 is 0 Å². The van der Waals surface area contributed by atoms with Crippen molar-refractivity contribution in [2.45, 2.75) is 19.4 Å². The first-order chi connectivity index (χ1) is 10.1. The van der Waals surface area contributed by atoms with E-state index in [0.29, 0.717) is 17.1 Å². The molecule has 0 unspecified atom stereocenters. The number of carbonyl (C=O) groups excluding carboxylic acids is 2. The monoisotopic (exact) mass is 305 g/mol. The van der Waals surface area contributed by atoms with Crippen LogP contribution in [-0.2, 0) is 18.4 Å². The molecule has 0 aliphatic rings. The van der Waals surface area contributed by atoms with E-state index in [1.165, 1.54) is 0 Å². The van der Waals surface area contributed by atoms with Crippen molar-refractivity contribution >= 4 is 23.3 Å². The van der Waals surface area contributed by atoms with E-state index in [9.17, 15) is 9.59 Å². The van der Waals surface area contributed by atoms with Crippen LogP contribution >= 0.6 is 11.6 Å². The van der Waals surface area contributed by atoms with Crippen LogP contribution in [-0.4, -0.2) is 21.5 Å². The minimum absolute atomic E-state index is 0.0673. The highest BCUT2D eigenvalue weighted by atomic mass is 35.5. The molecule has 0 fully saturated rings. The average Bonchev–Trinajstić information content (AvgIpc) is 2.88. The third-order valence-corrected chi connectivity index (χ3v) is 3.39. The molecule has 0 saturated heterocycles. The van der Waals surface area contributed by atoms with Crippen molar-refractivity contribution in [3.8, 4) is 0 Å². The maximum Gasteiger partial charge on any atom is 0.220 e. The number of aryl methyl sites for hydroxylation is 1. The highest BCUT2D eigenvalue weighted by Gasteiger charge is 2.09. The molecule has 1 heterocycles. The number of rotatable bonds is 6. The van der Waals surface area contributed by atoms with Crippen LogP contribution in [0.5, 0.6) is 0 Å². The van der Waals surface area contributed by atoms with Crippen LogP contribution in [0.25, 0.3) is 0 Å². The van der Waals surface area contributed by atoms with Crippen LogP contribution < -0.4 is 5.32 Å². The van der Waals surface area contributed by atoms with E-state index in [-0.39, 0.29) is 24.5 Å². The summed E-state index contributed by atoms with van der Waals surface area (Å²) in [6.07, 6.45) is 2.02. The lowest BCUT2D eigenvalue weighted by Gasteiger charge is -2.05. The largest absolute Gasteiger partial charge is 0.350 e. The molecule has 0 atom stereocenters. The predicted octanol–water partition coefficient (Wildman–Crippen LogP) is 2.35. The molecule has 1 N–H and O–H groups in total. The van der Waals surface area contributed by atoms with Gasteiger partial charge in [-0.15, -0.1) is 0 Å². The molecule has 110 valence electrons. The minimum atomic E-state index is -0.154. The maximum absolute atomic E-state index is 11.9. The summed E-state index contributed by atoms with van der Waals surface area (Å²) >= 11 is 5.76. The standard InChI is InChI=1S/C15H16ClN3O2/c1-19-13(8-9-18-19)10-17-15(21)7-6-14(20)11-2-4-12(16)5-3-11/h2-5,8-9H,6-7,10H2,1H3,(H,17,21). The molecule has 1 aromatic carbocycles. The van der Waals surface area contributed by atoms with Gasteiger partial charge in [0.2, 0.25) is 5.91 Å². The number of halogens is 1. The predicted molar refractivity (Wildman–Crippen MR) is 80.1 cm³/mol. The second kappa shape index (κ2) is 7.04. The zero-order chi connectivity index (χ0) is 15.2. The van der Waals surface area contributed by atoms with Gasteiger partial charge in [0.1, 0.15) is 0 Å². The van der Waals surface area contributed by atoms with Crippen molar-refractivity contribution in [2.24, 2.45) is 7.05 Å². The number of amides is 1. The minimum Gasteiger partial charge on any atom is -0.350 e. The van der Waals surface area contributed by atoms with Gasteiger partial charge in [0.25, 0.3) is 0 Å². The molecule has 0 saturated carbocycles. The Bertz CT molecular complexity index is 635. The van der Waals surface area contributed by atoms with Gasteiger partial charge >= 0.3 is 0 Å². The first-order valence-corrected chi connectivity index (χ1v) is 6.96. The highest BCUT2D eigenvalue weighted by molar-refractivity contribution is 6.30. The Labute approximate surface area is 127 Å². The third-order valence-electron chi connectivity index (χ3n) is 3.13. The van der Waals surface area contributed by atoms with E-state index in [1.807, 2.05) is 13.1 Å². The van der Waals surface area contributed by atoms with Crippen LogP contribution in [0.2, 0.25) is 5.02 Å². The summed E-state index contributed by atoms with van der Waals surface area (Å²) in [7, 11) is 1.81. The maximum atomic E-state index is 11.9. The van der Waals surface area contributed by atoms with Crippen molar-refractivity contribution in [3.05, 3.63) is 52.8 Å². The quantitative estimate of drug-likeness (QED) is 0.833. The Morgan fingerprint density at radius 2 is 1.90 bits per heavy atom. The summed E-state index contributed by atoms with van der Waals surface area (Å²) in [6.45, 7) is 0.407. The second-order valence-electron chi connectivity index (χ2n) is 4.65. The highest BCUT2D eigenvalue weighted by Crippen LogP contribution is 2.11. The molecule has 2 rings (SSSR count). The number of hydrogen-bond acceptors (Lipinski definition) is 3. The number of ketones is 1. The molecule has 0 spiro atoms. The Morgan fingerprint density at radius 3 is 2.52 bits per heavy atom. The summed E-state index contributed by atoms with van der Waals surface area (Å²) < 4.78 is 1.69. The van der Waals surface area contributed by atoms with Crippen LogP contribution in [0.1, 0.15) is 28.9 Å². The van der Waals surface area contributed by atoms with Gasteiger partial charge in [-0.1, -0.05) is 11.6 Å². The van der Waals surface area contributed by atoms with Crippen LogP contribution in [0.3, 0.4) is 0 Å². The fraction of sp³-hybridized carbons (Fsp3) is 0.267. The van der Waals surface area contributed by atoms with Crippen LogP contribution in [0.4, 0.5) is 0 Å². The van der Waals surface area contributed by atoms with Gasteiger partial charge < -0.3 is 5.32 Å². The van der Waals surface area contributed by atoms with E-state index in [0.717, 1.165) is 5.69 Å². The summed E-state index contributed by atoms with van der Waals surface area (Å²) in [5.74, 6) is -0.221. The van der Waals surface area contributed by atoms with Crippen molar-refractivity contribution in [3.63, 3.8) is 0 Å². The van der Waals surface area contributed by atoms with Gasteiger partial charge in [0.05, 0.1) is 12.2 Å². The first-order valence-electron chi connectivity index (χ1n) is 6.58. The number of Topliss-reactive ketones (excluding diaryl/α,β-unsaturated/α-hetero) is 1. The van der Waals surface area contributed by atoms with Gasteiger partial charge in [0, 0.05) is 36.7 Å². The Morgan fingerprint density at radius 1 is 1.19 bits per heavy atom. The number of benzene rings is 1. The SMILES string of the molecule is Cn1nccc1CNC(=O)CCC(=O)c1ccc(Cl)cc1. The molecule has 0 radical (unpaired) electrons. The van der Waals surface area contributed by atoms with Crippen molar-refractivity contribution in [1.82, 2.24) is 15.1 Å². The molecule has 5 nitrogen and oxygen atoms in total. The van der Waals surface area contributed by atoms with Gasteiger partial charge in [0.15, 0.2) is 5.78 Å². The number of nitrogens with zero attached hydrogens (tertiary/aromatic N) is 2. The van der Waals surface area contributed by atoms with E-state index < -0.39 is 0 Å². The van der Waals surface area contributed by atoms with Crippen LogP contribution in [0.15, 0.2) is 36.5 Å². The number of nitrogens with one attached hydrogen (secondary N) is 1. The summed E-state index contributed by atoms with van der Waals surface area (Å²) in [4.78, 5) is 23.6. The Kier molecular flexibility index (Phi) is 5.11.